The summed E-state index contributed by atoms with van der Waals surface area (Å²) in [6.45, 7) is 3.58. The summed E-state index contributed by atoms with van der Waals surface area (Å²) in [6, 6.07) is 7.42. The Labute approximate surface area is 184 Å². The number of carbonyl (C=O) groups excluding carboxylic acids is 3. The van der Waals surface area contributed by atoms with Crippen molar-refractivity contribution in [2.24, 2.45) is 5.92 Å². The summed E-state index contributed by atoms with van der Waals surface area (Å²) in [4.78, 5) is 42.1. The number of benzene rings is 1. The van der Waals surface area contributed by atoms with Crippen LogP contribution in [0.5, 0.6) is 0 Å². The van der Waals surface area contributed by atoms with Gasteiger partial charge < -0.3 is 15.5 Å². The van der Waals surface area contributed by atoms with Crippen LogP contribution in [-0.2, 0) is 9.59 Å². The van der Waals surface area contributed by atoms with Crippen molar-refractivity contribution in [1.29, 1.82) is 0 Å². The van der Waals surface area contributed by atoms with Crippen LogP contribution in [-0.4, -0.2) is 66.3 Å². The summed E-state index contributed by atoms with van der Waals surface area (Å²) in [6.07, 6.45) is 8.35. The first-order valence-electron chi connectivity index (χ1n) is 11.8. The van der Waals surface area contributed by atoms with E-state index in [0.29, 0.717) is 17.2 Å². The molecule has 0 unspecified atom stereocenters. The van der Waals surface area contributed by atoms with Crippen LogP contribution in [0.25, 0.3) is 0 Å². The topological polar surface area (TPSA) is 81.8 Å². The van der Waals surface area contributed by atoms with Gasteiger partial charge in [-0.05, 0) is 63.7 Å². The first-order chi connectivity index (χ1) is 15.1. The second kappa shape index (κ2) is 10.3. The van der Waals surface area contributed by atoms with E-state index in [9.17, 15) is 14.4 Å². The minimum atomic E-state index is -0.133. The normalized spacial score (nSPS) is 20.7. The third kappa shape index (κ3) is 6.06. The van der Waals surface area contributed by atoms with E-state index in [1.165, 1.54) is 12.8 Å². The van der Waals surface area contributed by atoms with E-state index in [-0.39, 0.29) is 30.3 Å². The molecule has 0 spiro atoms. The van der Waals surface area contributed by atoms with E-state index < -0.39 is 0 Å². The lowest BCUT2D eigenvalue weighted by atomic mass is 9.95. The Bertz CT molecular complexity index is 792. The third-order valence-corrected chi connectivity index (χ3v) is 6.58. The molecular formula is C24H34N4O3. The maximum atomic E-state index is 12.8. The van der Waals surface area contributed by atoms with Gasteiger partial charge in [0, 0.05) is 25.0 Å². The number of hydrogen-bond donors (Lipinski definition) is 2. The SMILES string of the molecule is O=C(CN1CCC(C(=O)N2CCCCCC2)CC1)Nc1ccccc1C(=O)NC1CC1. The lowest BCUT2D eigenvalue weighted by molar-refractivity contribution is -0.137. The van der Waals surface area contributed by atoms with Gasteiger partial charge in [0.2, 0.25) is 11.8 Å². The molecule has 3 amide bonds. The predicted octanol–water partition coefficient (Wildman–Crippen LogP) is 2.63. The van der Waals surface area contributed by atoms with Crippen LogP contribution in [0.2, 0.25) is 0 Å². The molecule has 1 aromatic rings. The molecule has 3 aliphatic rings. The number of hydrogen-bond acceptors (Lipinski definition) is 4. The highest BCUT2D eigenvalue weighted by molar-refractivity contribution is 6.04. The van der Waals surface area contributed by atoms with Crippen LogP contribution in [0.3, 0.4) is 0 Å². The number of rotatable bonds is 6. The van der Waals surface area contributed by atoms with Crippen LogP contribution in [0, 0.1) is 5.92 Å². The second-order valence-corrected chi connectivity index (χ2v) is 9.13. The van der Waals surface area contributed by atoms with Gasteiger partial charge in [-0.1, -0.05) is 25.0 Å². The molecule has 1 aromatic carbocycles. The van der Waals surface area contributed by atoms with Crippen molar-refractivity contribution in [3.8, 4) is 0 Å². The highest BCUT2D eigenvalue weighted by atomic mass is 16.2. The van der Waals surface area contributed by atoms with Crippen LogP contribution in [0.15, 0.2) is 24.3 Å². The maximum Gasteiger partial charge on any atom is 0.253 e. The van der Waals surface area contributed by atoms with Gasteiger partial charge in [0.25, 0.3) is 5.91 Å². The average molecular weight is 427 g/mol. The molecule has 31 heavy (non-hydrogen) atoms. The van der Waals surface area contributed by atoms with E-state index in [2.05, 4.69) is 20.4 Å². The Balaban J connectivity index is 1.25. The monoisotopic (exact) mass is 426 g/mol. The molecule has 7 nitrogen and oxygen atoms in total. The Morgan fingerprint density at radius 1 is 0.871 bits per heavy atom. The summed E-state index contributed by atoms with van der Waals surface area (Å²) in [5.74, 6) is 0.140. The van der Waals surface area contributed by atoms with Gasteiger partial charge in [-0.2, -0.15) is 0 Å². The quantitative estimate of drug-likeness (QED) is 0.733. The number of nitrogens with zero attached hydrogens (tertiary/aromatic N) is 2. The zero-order valence-electron chi connectivity index (χ0n) is 18.3. The van der Waals surface area contributed by atoms with Gasteiger partial charge in [-0.15, -0.1) is 0 Å². The van der Waals surface area contributed by atoms with E-state index in [0.717, 1.165) is 64.7 Å². The minimum absolute atomic E-state index is 0.0873. The van der Waals surface area contributed by atoms with E-state index in [1.807, 2.05) is 12.1 Å². The number of carbonyl (C=O) groups is 3. The Kier molecular flexibility index (Phi) is 7.22. The van der Waals surface area contributed by atoms with Gasteiger partial charge in [0.05, 0.1) is 17.8 Å². The summed E-state index contributed by atoms with van der Waals surface area (Å²) < 4.78 is 0. The number of anilines is 1. The molecule has 1 aliphatic carbocycles. The zero-order valence-corrected chi connectivity index (χ0v) is 18.3. The lowest BCUT2D eigenvalue weighted by Crippen LogP contribution is -2.44. The largest absolute Gasteiger partial charge is 0.349 e. The number of piperidine rings is 1. The van der Waals surface area contributed by atoms with Crippen LogP contribution in [0.4, 0.5) is 5.69 Å². The molecule has 0 atom stereocenters. The van der Waals surface area contributed by atoms with Crippen LogP contribution < -0.4 is 10.6 Å². The fraction of sp³-hybridized carbons (Fsp3) is 0.625. The number of likely N-dealkylation sites (tertiary alicyclic amines) is 2. The number of nitrogens with one attached hydrogen (secondary N) is 2. The first kappa shape index (κ1) is 21.8. The van der Waals surface area contributed by atoms with Crippen LogP contribution >= 0.6 is 0 Å². The van der Waals surface area contributed by atoms with Crippen molar-refractivity contribution >= 4 is 23.4 Å². The Morgan fingerprint density at radius 3 is 2.23 bits per heavy atom. The van der Waals surface area contributed by atoms with Crippen molar-refractivity contribution in [3.63, 3.8) is 0 Å². The molecule has 168 valence electrons. The standard InChI is InChI=1S/C24H34N4O3/c29-22(26-21-8-4-3-7-20(21)23(30)25-19-9-10-19)17-27-15-11-18(12-16-27)24(31)28-13-5-1-2-6-14-28/h3-4,7-8,18-19H,1-2,5-6,9-17H2,(H,25,30)(H,26,29). The smallest absolute Gasteiger partial charge is 0.253 e. The first-order valence-corrected chi connectivity index (χ1v) is 11.8. The molecule has 2 heterocycles. The molecule has 0 radical (unpaired) electrons. The van der Waals surface area contributed by atoms with E-state index >= 15 is 0 Å². The molecule has 7 heteroatoms. The molecule has 2 N–H and O–H groups in total. The van der Waals surface area contributed by atoms with Gasteiger partial charge in [0.1, 0.15) is 0 Å². The fourth-order valence-electron chi connectivity index (χ4n) is 4.56. The lowest BCUT2D eigenvalue weighted by Gasteiger charge is -2.33. The molecular weight excluding hydrogens is 392 g/mol. The predicted molar refractivity (Wildman–Crippen MR) is 120 cm³/mol. The molecule has 2 aliphatic heterocycles. The van der Waals surface area contributed by atoms with E-state index in [1.54, 1.807) is 12.1 Å². The summed E-state index contributed by atoms with van der Waals surface area (Å²) in [5.41, 5.74) is 1.06. The van der Waals surface area contributed by atoms with Gasteiger partial charge in [-0.3, -0.25) is 19.3 Å². The Morgan fingerprint density at radius 2 is 1.55 bits per heavy atom. The van der Waals surface area contributed by atoms with Crippen molar-refractivity contribution in [2.75, 3.05) is 38.0 Å². The molecule has 0 bridgehead atoms. The molecule has 4 rings (SSSR count). The van der Waals surface area contributed by atoms with Crippen molar-refractivity contribution in [3.05, 3.63) is 29.8 Å². The van der Waals surface area contributed by atoms with Crippen molar-refractivity contribution in [1.82, 2.24) is 15.1 Å². The van der Waals surface area contributed by atoms with Gasteiger partial charge in [0.15, 0.2) is 0 Å². The van der Waals surface area contributed by atoms with E-state index in [4.69, 9.17) is 0 Å². The van der Waals surface area contributed by atoms with Gasteiger partial charge >= 0.3 is 0 Å². The molecule has 2 saturated heterocycles. The summed E-state index contributed by atoms with van der Waals surface area (Å²) >= 11 is 0. The number of para-hydroxylation sites is 1. The average Bonchev–Trinajstić information content (AvgIpc) is 3.61. The highest BCUT2D eigenvalue weighted by Crippen LogP contribution is 2.23. The fourth-order valence-corrected chi connectivity index (χ4v) is 4.56. The molecule has 0 aromatic heterocycles. The summed E-state index contributed by atoms with van der Waals surface area (Å²) in [7, 11) is 0. The summed E-state index contributed by atoms with van der Waals surface area (Å²) in [5, 5.41) is 5.88. The van der Waals surface area contributed by atoms with Crippen LogP contribution in [0.1, 0.15) is 61.7 Å². The van der Waals surface area contributed by atoms with Gasteiger partial charge in [-0.25, -0.2) is 0 Å². The third-order valence-electron chi connectivity index (χ3n) is 6.58. The Hall–Kier alpha value is -2.41. The zero-order chi connectivity index (χ0) is 21.6. The highest BCUT2D eigenvalue weighted by Gasteiger charge is 2.30. The second-order valence-electron chi connectivity index (χ2n) is 9.13. The van der Waals surface area contributed by atoms with Crippen molar-refractivity contribution < 1.29 is 14.4 Å². The molecule has 3 fully saturated rings. The number of amides is 3. The maximum absolute atomic E-state index is 12.8. The molecule has 1 saturated carbocycles. The van der Waals surface area contributed by atoms with Crippen molar-refractivity contribution in [2.45, 2.75) is 57.4 Å². The minimum Gasteiger partial charge on any atom is -0.349 e.